The van der Waals surface area contributed by atoms with Gasteiger partial charge in [-0.25, -0.2) is 0 Å². The summed E-state index contributed by atoms with van der Waals surface area (Å²) in [6.45, 7) is 5.64. The Hall–Kier alpha value is -3.22. The van der Waals surface area contributed by atoms with E-state index in [0.717, 1.165) is 10.8 Å². The third-order valence-electron chi connectivity index (χ3n) is 5.16. The number of rotatable bonds is 4. The molecule has 1 aliphatic rings. The molecule has 1 saturated heterocycles. The van der Waals surface area contributed by atoms with Gasteiger partial charge in [0.25, 0.3) is 11.8 Å². The Morgan fingerprint density at radius 2 is 1.81 bits per heavy atom. The minimum Gasteiger partial charge on any atom is -0.490 e. The Labute approximate surface area is 196 Å². The Bertz CT molecular complexity index is 1300. The van der Waals surface area contributed by atoms with Crippen LogP contribution in [0.15, 0.2) is 60.2 Å². The van der Waals surface area contributed by atoms with Crippen molar-refractivity contribution in [3.05, 3.63) is 76.3 Å². The molecule has 0 spiro atoms. The summed E-state index contributed by atoms with van der Waals surface area (Å²) in [5.74, 6) is -0.489. The van der Waals surface area contributed by atoms with E-state index in [1.54, 1.807) is 31.2 Å². The molecular formula is C25H21ClN2O3S. The average molecular weight is 465 g/mol. The van der Waals surface area contributed by atoms with Gasteiger partial charge in [0, 0.05) is 10.6 Å². The zero-order chi connectivity index (χ0) is 23.0. The number of amides is 2. The van der Waals surface area contributed by atoms with Gasteiger partial charge in [0.05, 0.1) is 11.8 Å². The fraction of sp³-hybridized carbons (Fsp3) is 0.160. The van der Waals surface area contributed by atoms with Crippen molar-refractivity contribution in [2.75, 3.05) is 4.90 Å². The van der Waals surface area contributed by atoms with Gasteiger partial charge in [-0.1, -0.05) is 48.0 Å². The number of hydrogen-bond acceptors (Lipinski definition) is 4. The highest BCUT2D eigenvalue weighted by molar-refractivity contribution is 7.80. The van der Waals surface area contributed by atoms with Crippen molar-refractivity contribution in [3.8, 4) is 5.75 Å². The number of halogens is 1. The second-order valence-electron chi connectivity index (χ2n) is 7.71. The van der Waals surface area contributed by atoms with Crippen LogP contribution in [0.2, 0.25) is 5.02 Å². The first-order chi connectivity index (χ1) is 15.3. The molecule has 0 radical (unpaired) electrons. The lowest BCUT2D eigenvalue weighted by molar-refractivity contribution is -0.122. The molecule has 4 rings (SSSR count). The molecule has 0 aromatic heterocycles. The molecule has 1 heterocycles. The number of hydrogen-bond donors (Lipinski definition) is 1. The van der Waals surface area contributed by atoms with Crippen molar-refractivity contribution < 1.29 is 14.3 Å². The van der Waals surface area contributed by atoms with Crippen molar-refractivity contribution >= 4 is 63.3 Å². The van der Waals surface area contributed by atoms with E-state index in [-0.39, 0.29) is 16.8 Å². The van der Waals surface area contributed by atoms with E-state index < -0.39 is 11.8 Å². The van der Waals surface area contributed by atoms with Crippen molar-refractivity contribution in [2.24, 2.45) is 0 Å². The topological polar surface area (TPSA) is 58.6 Å². The van der Waals surface area contributed by atoms with E-state index >= 15 is 0 Å². The molecule has 1 fully saturated rings. The zero-order valence-electron chi connectivity index (χ0n) is 17.8. The van der Waals surface area contributed by atoms with Crippen molar-refractivity contribution in [3.63, 3.8) is 0 Å². The van der Waals surface area contributed by atoms with Crippen LogP contribution in [0.1, 0.15) is 25.0 Å². The quantitative estimate of drug-likeness (QED) is 0.318. The molecule has 0 saturated carbocycles. The molecular weight excluding hydrogens is 444 g/mol. The van der Waals surface area contributed by atoms with Gasteiger partial charge in [0.15, 0.2) is 5.11 Å². The van der Waals surface area contributed by atoms with E-state index in [0.29, 0.717) is 27.6 Å². The van der Waals surface area contributed by atoms with Crippen LogP contribution in [0, 0.1) is 6.92 Å². The highest BCUT2D eigenvalue weighted by Gasteiger charge is 2.35. The predicted octanol–water partition coefficient (Wildman–Crippen LogP) is 5.42. The number of carbonyl (C=O) groups excluding carboxylic acids is 2. The van der Waals surface area contributed by atoms with Gasteiger partial charge in [-0.05, 0) is 73.6 Å². The Morgan fingerprint density at radius 1 is 1.06 bits per heavy atom. The Balaban J connectivity index is 1.89. The van der Waals surface area contributed by atoms with E-state index in [9.17, 15) is 9.59 Å². The molecule has 32 heavy (non-hydrogen) atoms. The number of anilines is 1. The van der Waals surface area contributed by atoms with E-state index in [1.165, 1.54) is 4.90 Å². The van der Waals surface area contributed by atoms with Crippen molar-refractivity contribution in [1.29, 1.82) is 0 Å². The minimum absolute atomic E-state index is 0.0130. The molecule has 0 aliphatic carbocycles. The molecule has 0 unspecified atom stereocenters. The summed E-state index contributed by atoms with van der Waals surface area (Å²) < 4.78 is 5.99. The molecule has 1 N–H and O–H groups in total. The zero-order valence-corrected chi connectivity index (χ0v) is 19.4. The van der Waals surface area contributed by atoms with Crippen LogP contribution in [-0.4, -0.2) is 23.0 Å². The molecule has 1 aliphatic heterocycles. The second-order valence-corrected chi connectivity index (χ2v) is 8.50. The fourth-order valence-corrected chi connectivity index (χ4v) is 4.08. The predicted molar refractivity (Wildman–Crippen MR) is 132 cm³/mol. The van der Waals surface area contributed by atoms with Gasteiger partial charge in [-0.3, -0.25) is 19.8 Å². The summed E-state index contributed by atoms with van der Waals surface area (Å²) in [4.78, 5) is 27.6. The number of fused-ring (bicyclic) bond motifs is 1. The van der Waals surface area contributed by atoms with Crippen LogP contribution >= 0.6 is 23.8 Å². The monoisotopic (exact) mass is 464 g/mol. The highest BCUT2D eigenvalue weighted by Crippen LogP contribution is 2.33. The molecule has 2 amide bonds. The maximum atomic E-state index is 13.5. The molecule has 0 bridgehead atoms. The largest absolute Gasteiger partial charge is 0.490 e. The van der Waals surface area contributed by atoms with Crippen LogP contribution in [0.25, 0.3) is 16.8 Å². The SMILES string of the molecule is Cc1c(Cl)cccc1N1C(=O)/C(=C/c2c(OC(C)C)ccc3ccccc23)C(=O)NC1=S. The number of thiocarbonyl (C=S) groups is 1. The molecule has 3 aromatic rings. The summed E-state index contributed by atoms with van der Waals surface area (Å²) in [7, 11) is 0. The normalized spacial score (nSPS) is 15.6. The number of ether oxygens (including phenoxy) is 1. The maximum Gasteiger partial charge on any atom is 0.270 e. The Morgan fingerprint density at radius 3 is 2.56 bits per heavy atom. The number of benzene rings is 3. The van der Waals surface area contributed by atoms with Crippen LogP contribution in [0.4, 0.5) is 5.69 Å². The van der Waals surface area contributed by atoms with Gasteiger partial charge in [-0.15, -0.1) is 0 Å². The molecule has 162 valence electrons. The minimum atomic E-state index is -0.556. The Kier molecular flexibility index (Phi) is 6.00. The summed E-state index contributed by atoms with van der Waals surface area (Å²) in [5.41, 5.74) is 1.83. The van der Waals surface area contributed by atoms with Crippen molar-refractivity contribution in [1.82, 2.24) is 5.32 Å². The summed E-state index contributed by atoms with van der Waals surface area (Å²) >= 11 is 11.6. The first-order valence-electron chi connectivity index (χ1n) is 10.1. The van der Waals surface area contributed by atoms with Gasteiger partial charge in [0.2, 0.25) is 0 Å². The average Bonchev–Trinajstić information content (AvgIpc) is 2.74. The fourth-order valence-electron chi connectivity index (χ4n) is 3.64. The van der Waals surface area contributed by atoms with Crippen LogP contribution in [0.5, 0.6) is 5.75 Å². The summed E-state index contributed by atoms with van der Waals surface area (Å²) in [6.07, 6.45) is 1.49. The number of carbonyl (C=O) groups is 2. The van der Waals surface area contributed by atoms with Gasteiger partial charge in [-0.2, -0.15) is 0 Å². The van der Waals surface area contributed by atoms with Gasteiger partial charge >= 0.3 is 0 Å². The third-order valence-corrected chi connectivity index (χ3v) is 5.86. The van der Waals surface area contributed by atoms with Gasteiger partial charge in [0.1, 0.15) is 11.3 Å². The maximum absolute atomic E-state index is 13.5. The smallest absolute Gasteiger partial charge is 0.270 e. The first kappa shape index (κ1) is 22.0. The highest BCUT2D eigenvalue weighted by atomic mass is 35.5. The molecule has 7 heteroatoms. The summed E-state index contributed by atoms with van der Waals surface area (Å²) in [5, 5.41) is 4.99. The van der Waals surface area contributed by atoms with Gasteiger partial charge < -0.3 is 4.74 Å². The van der Waals surface area contributed by atoms with Crippen LogP contribution < -0.4 is 15.0 Å². The first-order valence-corrected chi connectivity index (χ1v) is 10.9. The molecule has 3 aromatic carbocycles. The van der Waals surface area contributed by atoms with Crippen molar-refractivity contribution in [2.45, 2.75) is 26.9 Å². The van der Waals surface area contributed by atoms with Crippen LogP contribution in [0.3, 0.4) is 0 Å². The lowest BCUT2D eigenvalue weighted by Gasteiger charge is -2.30. The standard InChI is InChI=1S/C25H21ClN2O3S/c1-14(2)31-22-12-11-16-7-4-5-8-17(16)18(22)13-19-23(29)27-25(32)28(24(19)30)21-10-6-9-20(26)15(21)3/h4-14H,1-3H3,(H,27,29,32)/b19-13+. The van der Waals surface area contributed by atoms with E-state index in [4.69, 9.17) is 28.6 Å². The van der Waals surface area contributed by atoms with E-state index in [2.05, 4.69) is 5.32 Å². The van der Waals surface area contributed by atoms with Crippen LogP contribution in [-0.2, 0) is 9.59 Å². The lowest BCUT2D eigenvalue weighted by atomic mass is 9.99. The molecule has 0 atom stereocenters. The van der Waals surface area contributed by atoms with E-state index in [1.807, 2.05) is 50.2 Å². The lowest BCUT2D eigenvalue weighted by Crippen LogP contribution is -2.54. The third kappa shape index (κ3) is 3.99. The second kappa shape index (κ2) is 8.73. The molecule has 5 nitrogen and oxygen atoms in total. The summed E-state index contributed by atoms with van der Waals surface area (Å²) in [6, 6.07) is 16.8. The number of nitrogens with zero attached hydrogens (tertiary/aromatic N) is 1. The number of nitrogens with one attached hydrogen (secondary N) is 1.